The van der Waals surface area contributed by atoms with Gasteiger partial charge in [0.25, 0.3) is 5.91 Å². The van der Waals surface area contributed by atoms with E-state index in [9.17, 15) is 14.4 Å². The third kappa shape index (κ3) is 2.55. The number of carbonyl (C=O) groups excluding carboxylic acids is 2. The molecule has 4 rings (SSSR count). The van der Waals surface area contributed by atoms with Crippen LogP contribution < -0.4 is 16.1 Å². The number of carbonyl (C=O) groups is 2. The van der Waals surface area contributed by atoms with E-state index in [0.717, 1.165) is 11.6 Å². The molecule has 26 heavy (non-hydrogen) atoms. The summed E-state index contributed by atoms with van der Waals surface area (Å²) < 4.78 is 7.05. The van der Waals surface area contributed by atoms with Crippen molar-refractivity contribution in [3.05, 3.63) is 51.9 Å². The Balaban J connectivity index is 1.69. The van der Waals surface area contributed by atoms with Gasteiger partial charge in [0.15, 0.2) is 17.0 Å². The van der Waals surface area contributed by atoms with Crippen molar-refractivity contribution in [2.45, 2.75) is 13.3 Å². The molecule has 0 fully saturated rings. The lowest BCUT2D eigenvalue weighted by Gasteiger charge is -2.19. The number of fused-ring (bicyclic) bond motifs is 2. The fourth-order valence-electron chi connectivity index (χ4n) is 3.04. The highest BCUT2D eigenvalue weighted by molar-refractivity contribution is 6.04. The molecule has 0 saturated carbocycles. The molecule has 1 aromatic carbocycles. The number of para-hydroxylation sites is 1. The minimum absolute atomic E-state index is 0.0843. The van der Waals surface area contributed by atoms with E-state index in [1.807, 2.05) is 0 Å². The number of hydrogen-bond acceptors (Lipinski definition) is 5. The van der Waals surface area contributed by atoms with Crippen molar-refractivity contribution < 1.29 is 14.0 Å². The molecule has 2 N–H and O–H groups in total. The van der Waals surface area contributed by atoms with Crippen LogP contribution in [0.2, 0.25) is 0 Å². The molecule has 3 aromatic rings. The zero-order chi connectivity index (χ0) is 18.4. The fraction of sp³-hybridized carbons (Fsp3) is 0.222. The molecule has 8 heteroatoms. The van der Waals surface area contributed by atoms with Gasteiger partial charge in [-0.1, -0.05) is 19.1 Å². The average molecular weight is 352 g/mol. The summed E-state index contributed by atoms with van der Waals surface area (Å²) >= 11 is 0. The largest absolute Gasteiger partial charge is 0.451 e. The van der Waals surface area contributed by atoms with Gasteiger partial charge in [-0.25, -0.2) is 0 Å². The summed E-state index contributed by atoms with van der Waals surface area (Å²) in [7, 11) is 1.68. The SMILES string of the molecule is CC1Cc2c(NC(=O)c3cc(=O)c4ccccc4o3)nn(C)c2NC1=O. The first kappa shape index (κ1) is 16.1. The highest BCUT2D eigenvalue weighted by Gasteiger charge is 2.29. The Hall–Kier alpha value is -3.42. The van der Waals surface area contributed by atoms with Crippen LogP contribution in [0.15, 0.2) is 39.5 Å². The maximum atomic E-state index is 12.6. The standard InChI is InChI=1S/C18H16N4O4/c1-9-7-11-15(21-22(2)16(11)20-17(9)24)19-18(25)14-8-12(23)10-5-3-4-6-13(10)26-14/h3-6,8-9H,7H2,1-2H3,(H,20,24)(H,19,21,25). The summed E-state index contributed by atoms with van der Waals surface area (Å²) in [5.41, 5.74) is 0.797. The summed E-state index contributed by atoms with van der Waals surface area (Å²) in [6.45, 7) is 1.80. The van der Waals surface area contributed by atoms with Gasteiger partial charge in [0.05, 0.1) is 5.39 Å². The van der Waals surface area contributed by atoms with E-state index in [1.54, 1.807) is 38.2 Å². The number of aromatic nitrogens is 2. The minimum atomic E-state index is -0.571. The molecular weight excluding hydrogens is 336 g/mol. The van der Waals surface area contributed by atoms with Gasteiger partial charge in [0, 0.05) is 24.6 Å². The Morgan fingerprint density at radius 1 is 1.35 bits per heavy atom. The maximum Gasteiger partial charge on any atom is 0.292 e. The van der Waals surface area contributed by atoms with Crippen LogP contribution in [0, 0.1) is 5.92 Å². The van der Waals surface area contributed by atoms with Gasteiger partial charge in [-0.2, -0.15) is 5.10 Å². The van der Waals surface area contributed by atoms with E-state index < -0.39 is 5.91 Å². The molecule has 2 amide bonds. The van der Waals surface area contributed by atoms with Gasteiger partial charge in [-0.05, 0) is 18.6 Å². The predicted molar refractivity (Wildman–Crippen MR) is 95.1 cm³/mol. The van der Waals surface area contributed by atoms with Gasteiger partial charge >= 0.3 is 0 Å². The van der Waals surface area contributed by atoms with Gasteiger partial charge in [-0.3, -0.25) is 19.1 Å². The van der Waals surface area contributed by atoms with Crippen molar-refractivity contribution in [1.82, 2.24) is 9.78 Å². The van der Waals surface area contributed by atoms with Crippen LogP contribution in [0.25, 0.3) is 11.0 Å². The van der Waals surface area contributed by atoms with Crippen LogP contribution >= 0.6 is 0 Å². The van der Waals surface area contributed by atoms with Crippen LogP contribution in [-0.4, -0.2) is 21.6 Å². The van der Waals surface area contributed by atoms with Crippen LogP contribution in [0.3, 0.4) is 0 Å². The highest BCUT2D eigenvalue weighted by Crippen LogP contribution is 2.31. The number of amides is 2. The molecule has 1 aliphatic rings. The Morgan fingerprint density at radius 3 is 2.92 bits per heavy atom. The zero-order valence-electron chi connectivity index (χ0n) is 14.2. The predicted octanol–water partition coefficient (Wildman–Crippen LogP) is 1.91. The summed E-state index contributed by atoms with van der Waals surface area (Å²) in [5, 5.41) is 10.1. The summed E-state index contributed by atoms with van der Waals surface area (Å²) in [4.78, 5) is 36.6. The van der Waals surface area contributed by atoms with Crippen molar-refractivity contribution in [2.75, 3.05) is 10.6 Å². The Morgan fingerprint density at radius 2 is 2.12 bits per heavy atom. The Labute approximate surface area is 147 Å². The minimum Gasteiger partial charge on any atom is -0.451 e. The van der Waals surface area contributed by atoms with Crippen LogP contribution in [0.5, 0.6) is 0 Å². The second kappa shape index (κ2) is 5.83. The normalized spacial score (nSPS) is 16.2. The van der Waals surface area contributed by atoms with Gasteiger partial charge in [0.1, 0.15) is 11.4 Å². The lowest BCUT2D eigenvalue weighted by atomic mass is 9.98. The Kier molecular flexibility index (Phi) is 3.61. The number of nitrogens with zero attached hydrogens (tertiary/aromatic N) is 2. The lowest BCUT2D eigenvalue weighted by molar-refractivity contribution is -0.119. The number of benzene rings is 1. The topological polar surface area (TPSA) is 106 Å². The highest BCUT2D eigenvalue weighted by atomic mass is 16.3. The van der Waals surface area contributed by atoms with E-state index >= 15 is 0 Å². The first-order chi connectivity index (χ1) is 12.4. The molecule has 1 atom stereocenters. The van der Waals surface area contributed by atoms with Crippen molar-refractivity contribution in [1.29, 1.82) is 0 Å². The zero-order valence-corrected chi connectivity index (χ0v) is 14.2. The molecule has 0 saturated heterocycles. The molecule has 0 spiro atoms. The second-order valence-electron chi connectivity index (χ2n) is 6.32. The molecule has 8 nitrogen and oxygen atoms in total. The molecule has 0 aliphatic carbocycles. The summed E-state index contributed by atoms with van der Waals surface area (Å²) in [5.74, 6) is -0.0716. The van der Waals surface area contributed by atoms with Crippen molar-refractivity contribution in [3.63, 3.8) is 0 Å². The van der Waals surface area contributed by atoms with Crippen LogP contribution in [0.1, 0.15) is 23.0 Å². The first-order valence-corrected chi connectivity index (χ1v) is 8.15. The second-order valence-corrected chi connectivity index (χ2v) is 6.32. The molecular formula is C18H16N4O4. The lowest BCUT2D eigenvalue weighted by Crippen LogP contribution is -2.28. The quantitative estimate of drug-likeness (QED) is 0.733. The molecule has 0 bridgehead atoms. The van der Waals surface area contributed by atoms with Crippen molar-refractivity contribution >= 4 is 34.4 Å². The number of rotatable bonds is 2. The first-order valence-electron chi connectivity index (χ1n) is 8.15. The third-order valence-electron chi connectivity index (χ3n) is 4.44. The number of aryl methyl sites for hydroxylation is 1. The molecule has 3 heterocycles. The van der Waals surface area contributed by atoms with E-state index in [1.165, 1.54) is 4.68 Å². The van der Waals surface area contributed by atoms with E-state index in [0.29, 0.717) is 29.0 Å². The number of hydrogen-bond donors (Lipinski definition) is 2. The van der Waals surface area contributed by atoms with E-state index in [4.69, 9.17) is 4.42 Å². The van der Waals surface area contributed by atoms with Gasteiger partial charge in [-0.15, -0.1) is 0 Å². The molecule has 1 aliphatic heterocycles. The molecule has 2 aromatic heterocycles. The number of anilines is 2. The summed E-state index contributed by atoms with van der Waals surface area (Å²) in [6, 6.07) is 7.90. The van der Waals surface area contributed by atoms with Gasteiger partial charge in [0.2, 0.25) is 5.91 Å². The molecule has 0 radical (unpaired) electrons. The van der Waals surface area contributed by atoms with Crippen molar-refractivity contribution in [3.8, 4) is 0 Å². The van der Waals surface area contributed by atoms with Gasteiger partial charge < -0.3 is 15.1 Å². The Bertz CT molecular complexity index is 1110. The maximum absolute atomic E-state index is 12.6. The molecule has 1 unspecified atom stereocenters. The van der Waals surface area contributed by atoms with Crippen LogP contribution in [0.4, 0.5) is 11.6 Å². The smallest absolute Gasteiger partial charge is 0.292 e. The third-order valence-corrected chi connectivity index (χ3v) is 4.44. The van der Waals surface area contributed by atoms with Crippen molar-refractivity contribution in [2.24, 2.45) is 13.0 Å². The fourth-order valence-corrected chi connectivity index (χ4v) is 3.04. The monoisotopic (exact) mass is 352 g/mol. The molecule has 132 valence electrons. The summed E-state index contributed by atoms with van der Waals surface area (Å²) in [6.07, 6.45) is 0.465. The van der Waals surface area contributed by atoms with E-state index in [-0.39, 0.29) is 23.0 Å². The van der Waals surface area contributed by atoms with E-state index in [2.05, 4.69) is 15.7 Å². The average Bonchev–Trinajstić information content (AvgIpc) is 2.90. The number of nitrogens with one attached hydrogen (secondary N) is 2. The van der Waals surface area contributed by atoms with Crippen LogP contribution in [-0.2, 0) is 18.3 Å².